The Hall–Kier alpha value is -3.63. The third-order valence-corrected chi connectivity index (χ3v) is 10.8. The van der Waals surface area contributed by atoms with E-state index in [9.17, 15) is 10.1 Å². The Morgan fingerprint density at radius 2 is 1.98 bits per heavy atom. The summed E-state index contributed by atoms with van der Waals surface area (Å²) < 4.78 is 32.5. The summed E-state index contributed by atoms with van der Waals surface area (Å²) >= 11 is 0. The molecule has 5 aliphatic rings. The summed E-state index contributed by atoms with van der Waals surface area (Å²) in [4.78, 5) is 14.0. The number of para-hydroxylation sites is 1. The maximum atomic E-state index is 11.6. The van der Waals surface area contributed by atoms with Gasteiger partial charge in [-0.25, -0.2) is 0 Å². The summed E-state index contributed by atoms with van der Waals surface area (Å²) in [5.74, 6) is 3.02. The molecule has 45 heavy (non-hydrogen) atoms. The van der Waals surface area contributed by atoms with Crippen molar-refractivity contribution in [2.45, 2.75) is 61.9 Å². The molecule has 10 heteroatoms. The number of rotatable bonds is 9. The number of hydrogen-bond donors (Lipinski definition) is 0. The highest BCUT2D eigenvalue weighted by molar-refractivity contribution is 5.85. The number of nitro groups is 1. The van der Waals surface area contributed by atoms with Crippen molar-refractivity contribution >= 4 is 29.1 Å². The van der Waals surface area contributed by atoms with Crippen molar-refractivity contribution in [2.75, 3.05) is 27.0 Å². The second-order valence-electron chi connectivity index (χ2n) is 13.1. The molecule has 234 valence electrons. The van der Waals surface area contributed by atoms with Crippen LogP contribution in [0.3, 0.4) is 0 Å². The fraction of sp³-hybridized carbons (Fsp3) is 0.429. The minimum atomic E-state index is -0.660. The first kappa shape index (κ1) is 28.8. The van der Waals surface area contributed by atoms with Gasteiger partial charge in [0.25, 0.3) is 5.69 Å². The van der Waals surface area contributed by atoms with Crippen LogP contribution in [0.2, 0.25) is 0 Å². The van der Waals surface area contributed by atoms with Crippen molar-refractivity contribution in [3.63, 3.8) is 0 Å². The highest BCUT2D eigenvalue weighted by Gasteiger charge is 2.74. The fourth-order valence-electron chi connectivity index (χ4n) is 8.86. The number of benzene rings is 3. The van der Waals surface area contributed by atoms with Crippen LogP contribution in [0.1, 0.15) is 53.4 Å². The van der Waals surface area contributed by atoms with Crippen LogP contribution < -0.4 is 9.47 Å². The molecule has 3 heterocycles. The van der Waals surface area contributed by atoms with E-state index in [0.717, 1.165) is 65.5 Å². The van der Waals surface area contributed by atoms with Gasteiger partial charge in [-0.15, -0.1) is 12.4 Å². The SMILES string of the molecule is COCOc1ccc2c3c1O[C@H]1c4oc5ccccc5c4C[C@@]4(OCc5cccc([N+](=O)[O-])c5)[C@H](C2)N(CC2CC2)CC[C@]314.Cl. The number of nitro benzene ring substituents is 1. The van der Waals surface area contributed by atoms with Gasteiger partial charge in [-0.3, -0.25) is 15.0 Å². The van der Waals surface area contributed by atoms with Gasteiger partial charge < -0.3 is 23.4 Å². The van der Waals surface area contributed by atoms with E-state index in [1.165, 1.54) is 30.0 Å². The molecule has 1 saturated heterocycles. The van der Waals surface area contributed by atoms with Gasteiger partial charge in [0, 0.05) is 54.8 Å². The molecule has 4 aromatic rings. The minimum absolute atomic E-state index is 0. The van der Waals surface area contributed by atoms with Crippen LogP contribution in [0.4, 0.5) is 5.69 Å². The molecule has 0 N–H and O–H groups in total. The Kier molecular flexibility index (Phi) is 6.69. The summed E-state index contributed by atoms with van der Waals surface area (Å²) in [5, 5.41) is 12.7. The van der Waals surface area contributed by atoms with Crippen molar-refractivity contribution in [1.82, 2.24) is 4.90 Å². The quantitative estimate of drug-likeness (QED) is 0.115. The normalized spacial score (nSPS) is 27.3. The lowest BCUT2D eigenvalue weighted by Crippen LogP contribution is -2.75. The van der Waals surface area contributed by atoms with E-state index in [1.807, 2.05) is 24.3 Å². The standard InChI is InChI=1S/C35H34N2O7.ClH/c1-40-20-41-28-12-11-23-16-29-35(42-19-22-5-4-6-24(15-22)37(38)39)17-26-25-7-2-3-8-27(25)43-31(26)33-34(35,30(23)32(28)44-33)13-14-36(29)18-21-9-10-21;/h2-8,11-12,15,21,29,33H,9-10,13-14,16-20H2,1H3;1H/t29-,33-,34-,35+;/m0./s1. The Balaban J connectivity index is 0.00000300. The second kappa shape index (κ2) is 10.5. The number of fused-ring (bicyclic) bond motifs is 4. The van der Waals surface area contributed by atoms with Gasteiger partial charge in [-0.05, 0) is 61.4 Å². The highest BCUT2D eigenvalue weighted by atomic mass is 35.5. The van der Waals surface area contributed by atoms with E-state index >= 15 is 0 Å². The molecule has 0 unspecified atom stereocenters. The number of hydrogen-bond acceptors (Lipinski definition) is 8. The van der Waals surface area contributed by atoms with Crippen molar-refractivity contribution in [3.8, 4) is 11.5 Å². The highest BCUT2D eigenvalue weighted by Crippen LogP contribution is 2.70. The average molecular weight is 631 g/mol. The van der Waals surface area contributed by atoms with Gasteiger partial charge in [0.2, 0.25) is 0 Å². The second-order valence-corrected chi connectivity index (χ2v) is 13.1. The summed E-state index contributed by atoms with van der Waals surface area (Å²) in [6.07, 6.45) is 4.51. The molecule has 2 aliphatic heterocycles. The first-order valence-corrected chi connectivity index (χ1v) is 15.6. The molecular weight excluding hydrogens is 596 g/mol. The van der Waals surface area contributed by atoms with Crippen LogP contribution in [0, 0.1) is 16.0 Å². The zero-order valence-electron chi connectivity index (χ0n) is 25.0. The molecule has 9 rings (SSSR count). The average Bonchev–Trinajstić information content (AvgIpc) is 3.68. The number of methoxy groups -OCH3 is 1. The monoisotopic (exact) mass is 630 g/mol. The number of ether oxygens (including phenoxy) is 4. The molecule has 2 bridgehead atoms. The van der Waals surface area contributed by atoms with E-state index in [1.54, 1.807) is 19.2 Å². The Bertz CT molecular complexity index is 1820. The van der Waals surface area contributed by atoms with Crippen LogP contribution in [-0.4, -0.2) is 48.5 Å². The predicted molar refractivity (Wildman–Crippen MR) is 168 cm³/mol. The molecule has 1 aromatic heterocycles. The van der Waals surface area contributed by atoms with Crippen molar-refractivity contribution in [1.29, 1.82) is 0 Å². The topological polar surface area (TPSA) is 96.4 Å². The lowest BCUT2D eigenvalue weighted by atomic mass is 9.49. The summed E-state index contributed by atoms with van der Waals surface area (Å²) in [6.45, 7) is 2.39. The van der Waals surface area contributed by atoms with Crippen LogP contribution in [-0.2, 0) is 34.3 Å². The van der Waals surface area contributed by atoms with Crippen LogP contribution in [0.5, 0.6) is 11.5 Å². The smallest absolute Gasteiger partial charge is 0.269 e. The summed E-state index contributed by atoms with van der Waals surface area (Å²) in [7, 11) is 1.62. The van der Waals surface area contributed by atoms with Crippen LogP contribution >= 0.6 is 12.4 Å². The van der Waals surface area contributed by atoms with Crippen LogP contribution in [0.15, 0.2) is 65.1 Å². The maximum absolute atomic E-state index is 11.6. The summed E-state index contributed by atoms with van der Waals surface area (Å²) in [5.41, 5.74) is 4.11. The maximum Gasteiger partial charge on any atom is 0.269 e. The van der Waals surface area contributed by atoms with Gasteiger partial charge >= 0.3 is 0 Å². The Morgan fingerprint density at radius 3 is 2.80 bits per heavy atom. The van der Waals surface area contributed by atoms with Crippen molar-refractivity contribution in [2.24, 2.45) is 5.92 Å². The third-order valence-electron chi connectivity index (χ3n) is 10.8. The van der Waals surface area contributed by atoms with Gasteiger partial charge in [0.15, 0.2) is 24.4 Å². The zero-order chi connectivity index (χ0) is 29.6. The number of likely N-dealkylation sites (tertiary alicyclic amines) is 1. The number of non-ortho nitro benzene ring substituents is 1. The molecule has 4 atom stereocenters. The Morgan fingerprint density at radius 1 is 1.11 bits per heavy atom. The molecule has 1 spiro atoms. The van der Waals surface area contributed by atoms with Gasteiger partial charge in [0.05, 0.1) is 16.9 Å². The van der Waals surface area contributed by atoms with Crippen molar-refractivity contribution in [3.05, 3.63) is 98.8 Å². The largest absolute Gasteiger partial charge is 0.477 e. The molecule has 3 aliphatic carbocycles. The number of piperidine rings is 1. The molecule has 1 saturated carbocycles. The van der Waals surface area contributed by atoms with Gasteiger partial charge in [-0.1, -0.05) is 36.4 Å². The van der Waals surface area contributed by atoms with Crippen molar-refractivity contribution < 1.29 is 28.3 Å². The first-order valence-electron chi connectivity index (χ1n) is 15.6. The molecule has 9 nitrogen and oxygen atoms in total. The molecule has 2 fully saturated rings. The lowest BCUT2D eigenvalue weighted by Gasteiger charge is -2.64. The van der Waals surface area contributed by atoms with Gasteiger partial charge in [-0.2, -0.15) is 0 Å². The number of nitrogens with zero attached hydrogens (tertiary/aromatic N) is 2. The number of furan rings is 1. The van der Waals surface area contributed by atoms with E-state index in [0.29, 0.717) is 12.2 Å². The van der Waals surface area contributed by atoms with E-state index in [2.05, 4.69) is 23.1 Å². The van der Waals surface area contributed by atoms with E-state index in [4.69, 9.17) is 23.4 Å². The zero-order valence-corrected chi connectivity index (χ0v) is 25.8. The van der Waals surface area contributed by atoms with E-state index in [-0.39, 0.29) is 42.5 Å². The summed E-state index contributed by atoms with van der Waals surface area (Å²) in [6, 6.07) is 19.4. The first-order chi connectivity index (χ1) is 21.5. The minimum Gasteiger partial charge on any atom is -0.477 e. The molecule has 0 radical (unpaired) electrons. The molecular formula is C35H35ClN2O7. The predicted octanol–water partition coefficient (Wildman–Crippen LogP) is 6.67. The van der Waals surface area contributed by atoms with Gasteiger partial charge in [0.1, 0.15) is 16.9 Å². The molecule has 0 amide bonds. The lowest BCUT2D eigenvalue weighted by molar-refractivity contribution is -0.385. The Labute approximate surface area is 266 Å². The van der Waals surface area contributed by atoms with Crippen LogP contribution in [0.25, 0.3) is 11.0 Å². The van der Waals surface area contributed by atoms with E-state index < -0.39 is 17.1 Å². The molecule has 3 aromatic carbocycles. The third kappa shape index (κ3) is 4.03. The number of halogens is 1. The fourth-order valence-corrected chi connectivity index (χ4v) is 8.86.